The van der Waals surface area contributed by atoms with Crippen LogP contribution in [-0.4, -0.2) is 17.2 Å². The fourth-order valence-electron chi connectivity index (χ4n) is 2.60. The molecule has 0 radical (unpaired) electrons. The van der Waals surface area contributed by atoms with Crippen molar-refractivity contribution in [3.63, 3.8) is 0 Å². The van der Waals surface area contributed by atoms with E-state index < -0.39 is 0 Å². The summed E-state index contributed by atoms with van der Waals surface area (Å²) in [5, 5.41) is 10.9. The second kappa shape index (κ2) is 5.17. The van der Waals surface area contributed by atoms with Gasteiger partial charge in [0.1, 0.15) is 0 Å². The van der Waals surface area contributed by atoms with Gasteiger partial charge in [-0.15, -0.1) is 0 Å². The van der Waals surface area contributed by atoms with E-state index in [-0.39, 0.29) is 0 Å². The van der Waals surface area contributed by atoms with E-state index in [1.54, 1.807) is 0 Å². The second-order valence-corrected chi connectivity index (χ2v) is 5.34. The van der Waals surface area contributed by atoms with Gasteiger partial charge in [-0.3, -0.25) is 5.10 Å². The van der Waals surface area contributed by atoms with Crippen molar-refractivity contribution < 1.29 is 0 Å². The summed E-state index contributed by atoms with van der Waals surface area (Å²) < 4.78 is 0. The summed E-state index contributed by atoms with van der Waals surface area (Å²) in [4.78, 5) is 0. The minimum atomic E-state index is 0.821. The molecule has 0 aliphatic rings. The van der Waals surface area contributed by atoms with Crippen LogP contribution >= 0.6 is 0 Å². The minimum Gasteiger partial charge on any atom is -0.314 e. The van der Waals surface area contributed by atoms with Crippen LogP contribution in [0.1, 0.15) is 33.5 Å². The molecule has 0 unspecified atom stereocenters. The Bertz CT molecular complexity index is 583. The summed E-state index contributed by atoms with van der Waals surface area (Å²) >= 11 is 0. The van der Waals surface area contributed by atoms with Gasteiger partial charge in [0, 0.05) is 12.1 Å². The third kappa shape index (κ3) is 2.30. The first-order valence-corrected chi connectivity index (χ1v) is 6.73. The zero-order valence-electron chi connectivity index (χ0n) is 12.7. The van der Waals surface area contributed by atoms with Crippen molar-refractivity contribution in [3.05, 3.63) is 39.6 Å². The summed E-state index contributed by atoms with van der Waals surface area (Å²) in [5.74, 6) is 0. The van der Waals surface area contributed by atoms with Crippen molar-refractivity contribution in [1.29, 1.82) is 0 Å². The maximum atomic E-state index is 4.54. The van der Waals surface area contributed by atoms with Gasteiger partial charge < -0.3 is 5.32 Å². The number of nitrogens with zero attached hydrogens (tertiary/aromatic N) is 1. The van der Waals surface area contributed by atoms with Crippen LogP contribution in [0.25, 0.3) is 11.3 Å². The number of H-pyrrole nitrogens is 1. The van der Waals surface area contributed by atoms with Crippen molar-refractivity contribution in [2.45, 2.75) is 41.2 Å². The van der Waals surface area contributed by atoms with Crippen LogP contribution in [0.15, 0.2) is 6.07 Å². The van der Waals surface area contributed by atoms with E-state index in [0.29, 0.717) is 0 Å². The van der Waals surface area contributed by atoms with Crippen molar-refractivity contribution in [3.8, 4) is 11.3 Å². The topological polar surface area (TPSA) is 40.7 Å². The van der Waals surface area contributed by atoms with Crippen molar-refractivity contribution >= 4 is 0 Å². The molecule has 1 heterocycles. The van der Waals surface area contributed by atoms with Crippen LogP contribution < -0.4 is 5.32 Å². The molecule has 0 aliphatic heterocycles. The molecule has 2 aromatic rings. The summed E-state index contributed by atoms with van der Waals surface area (Å²) in [6.07, 6.45) is 0. The van der Waals surface area contributed by atoms with Gasteiger partial charge in [0.2, 0.25) is 0 Å². The van der Waals surface area contributed by atoms with Crippen molar-refractivity contribution in [1.82, 2.24) is 15.5 Å². The van der Waals surface area contributed by atoms with Crippen molar-refractivity contribution in [2.75, 3.05) is 7.05 Å². The normalized spacial score (nSPS) is 11.1. The van der Waals surface area contributed by atoms with Crippen LogP contribution in [0.4, 0.5) is 0 Å². The molecule has 1 aromatic heterocycles. The molecule has 2 rings (SSSR count). The van der Waals surface area contributed by atoms with Crippen LogP contribution in [0.3, 0.4) is 0 Å². The average Bonchev–Trinajstić information content (AvgIpc) is 2.71. The maximum absolute atomic E-state index is 4.54. The van der Waals surface area contributed by atoms with Gasteiger partial charge in [0.05, 0.1) is 11.4 Å². The maximum Gasteiger partial charge on any atom is 0.0958 e. The molecular formula is C16H23N3. The fraction of sp³-hybridized carbons (Fsp3) is 0.438. The molecule has 19 heavy (non-hydrogen) atoms. The van der Waals surface area contributed by atoms with Gasteiger partial charge in [-0.1, -0.05) is 6.07 Å². The Labute approximate surface area is 115 Å². The Balaban J connectivity index is 2.65. The van der Waals surface area contributed by atoms with E-state index in [0.717, 1.165) is 17.9 Å². The highest BCUT2D eigenvalue weighted by Crippen LogP contribution is 2.33. The highest BCUT2D eigenvalue weighted by molar-refractivity contribution is 5.73. The molecule has 3 heteroatoms. The minimum absolute atomic E-state index is 0.821. The highest BCUT2D eigenvalue weighted by atomic mass is 15.1. The van der Waals surface area contributed by atoms with E-state index in [9.17, 15) is 0 Å². The number of hydrogen-bond acceptors (Lipinski definition) is 2. The van der Waals surface area contributed by atoms with E-state index >= 15 is 0 Å². The Morgan fingerprint density at radius 1 is 1.00 bits per heavy atom. The lowest BCUT2D eigenvalue weighted by Gasteiger charge is -2.14. The van der Waals surface area contributed by atoms with Gasteiger partial charge in [-0.25, -0.2) is 0 Å². The number of aromatic amines is 1. The van der Waals surface area contributed by atoms with Gasteiger partial charge in [-0.05, 0) is 69.5 Å². The molecule has 0 fully saturated rings. The molecule has 0 amide bonds. The molecule has 0 bridgehead atoms. The van der Waals surface area contributed by atoms with Crippen LogP contribution in [-0.2, 0) is 6.54 Å². The largest absolute Gasteiger partial charge is 0.314 e. The van der Waals surface area contributed by atoms with E-state index in [1.807, 2.05) is 7.05 Å². The highest BCUT2D eigenvalue weighted by Gasteiger charge is 2.16. The van der Waals surface area contributed by atoms with E-state index in [2.05, 4.69) is 56.2 Å². The molecule has 3 nitrogen and oxygen atoms in total. The number of rotatable bonds is 3. The molecule has 0 aliphatic carbocycles. The first kappa shape index (κ1) is 13.8. The predicted octanol–water partition coefficient (Wildman–Crippen LogP) is 3.34. The van der Waals surface area contributed by atoms with Crippen molar-refractivity contribution in [2.24, 2.45) is 0 Å². The third-order valence-corrected chi connectivity index (χ3v) is 4.07. The van der Waals surface area contributed by atoms with E-state index in [1.165, 1.54) is 33.4 Å². The molecule has 0 atom stereocenters. The number of aryl methyl sites for hydroxylation is 2. The quantitative estimate of drug-likeness (QED) is 0.885. The number of aromatic nitrogens is 2. The molecule has 0 saturated heterocycles. The SMILES string of the molecule is CNCc1[nH]nc(-c2c(C)c(C)cc(C)c2C)c1C. The number of benzene rings is 1. The average molecular weight is 257 g/mol. The first-order chi connectivity index (χ1) is 8.97. The predicted molar refractivity (Wildman–Crippen MR) is 80.5 cm³/mol. The standard InChI is InChI=1S/C16H23N3/c1-9-7-10(2)12(4)15(11(9)3)16-13(5)14(8-17-6)18-19-16/h7,17H,8H2,1-6H3,(H,18,19). The smallest absolute Gasteiger partial charge is 0.0958 e. The molecule has 0 spiro atoms. The second-order valence-electron chi connectivity index (χ2n) is 5.34. The lowest BCUT2D eigenvalue weighted by Crippen LogP contribution is -2.06. The lowest BCUT2D eigenvalue weighted by molar-refractivity contribution is 0.779. The van der Waals surface area contributed by atoms with Crippen LogP contribution in [0.2, 0.25) is 0 Å². The Morgan fingerprint density at radius 3 is 2.11 bits per heavy atom. The zero-order chi connectivity index (χ0) is 14.2. The van der Waals surface area contributed by atoms with Gasteiger partial charge in [0.25, 0.3) is 0 Å². The Kier molecular flexibility index (Phi) is 3.76. The lowest BCUT2D eigenvalue weighted by atomic mass is 9.91. The third-order valence-electron chi connectivity index (χ3n) is 4.07. The fourth-order valence-corrected chi connectivity index (χ4v) is 2.60. The molecule has 1 aromatic carbocycles. The van der Waals surface area contributed by atoms with Gasteiger partial charge in [-0.2, -0.15) is 5.10 Å². The molecule has 0 saturated carbocycles. The summed E-state index contributed by atoms with van der Waals surface area (Å²) in [6, 6.07) is 2.25. The molecule has 2 N–H and O–H groups in total. The summed E-state index contributed by atoms with van der Waals surface area (Å²) in [5.41, 5.74) is 10.1. The van der Waals surface area contributed by atoms with Crippen LogP contribution in [0.5, 0.6) is 0 Å². The molecular weight excluding hydrogens is 234 g/mol. The van der Waals surface area contributed by atoms with E-state index in [4.69, 9.17) is 0 Å². The summed E-state index contributed by atoms with van der Waals surface area (Å²) in [6.45, 7) is 11.7. The number of nitrogens with one attached hydrogen (secondary N) is 2. The molecule has 102 valence electrons. The Hall–Kier alpha value is -1.61. The van der Waals surface area contributed by atoms with Gasteiger partial charge >= 0.3 is 0 Å². The zero-order valence-corrected chi connectivity index (χ0v) is 12.7. The summed E-state index contributed by atoms with van der Waals surface area (Å²) in [7, 11) is 1.95. The van der Waals surface area contributed by atoms with Crippen LogP contribution in [0, 0.1) is 34.6 Å². The van der Waals surface area contributed by atoms with Gasteiger partial charge in [0.15, 0.2) is 0 Å². The Morgan fingerprint density at radius 2 is 1.58 bits per heavy atom. The first-order valence-electron chi connectivity index (χ1n) is 6.73. The number of hydrogen-bond donors (Lipinski definition) is 2. The monoisotopic (exact) mass is 257 g/mol.